The van der Waals surface area contributed by atoms with Crippen LogP contribution in [0.1, 0.15) is 5.56 Å². The number of anilines is 3. The van der Waals surface area contributed by atoms with Gasteiger partial charge < -0.3 is 33.5 Å². The van der Waals surface area contributed by atoms with Gasteiger partial charge in [0.25, 0.3) is 0 Å². The lowest BCUT2D eigenvalue weighted by Gasteiger charge is -2.30. The van der Waals surface area contributed by atoms with Crippen molar-refractivity contribution in [2.45, 2.75) is 0 Å². The van der Waals surface area contributed by atoms with Gasteiger partial charge in [0.1, 0.15) is 0 Å². The van der Waals surface area contributed by atoms with Gasteiger partial charge in [-0.15, -0.1) is 0 Å². The number of methoxy groups -OCH3 is 3. The number of morpholine rings is 2. The molecule has 2 saturated heterocycles. The van der Waals surface area contributed by atoms with E-state index in [0.29, 0.717) is 61.5 Å². The quantitative estimate of drug-likeness (QED) is 0.450. The zero-order valence-corrected chi connectivity index (χ0v) is 19.1. The highest BCUT2D eigenvalue weighted by Gasteiger charge is 2.20. The van der Waals surface area contributed by atoms with E-state index in [1.54, 1.807) is 39.7 Å². The Morgan fingerprint density at radius 2 is 1.33 bits per heavy atom. The van der Waals surface area contributed by atoms with Gasteiger partial charge in [0.15, 0.2) is 11.5 Å². The van der Waals surface area contributed by atoms with Gasteiger partial charge in [-0.3, -0.25) is 0 Å². The summed E-state index contributed by atoms with van der Waals surface area (Å²) in [5.74, 6) is 3.16. The third kappa shape index (κ3) is 5.52. The summed E-state index contributed by atoms with van der Waals surface area (Å²) in [6.07, 6.45) is 1.64. The highest BCUT2D eigenvalue weighted by Crippen LogP contribution is 2.37. The minimum absolute atomic E-state index is 0.358. The summed E-state index contributed by atoms with van der Waals surface area (Å²) in [6, 6.07) is 3.61. The van der Waals surface area contributed by atoms with Crippen LogP contribution in [-0.4, -0.2) is 95.1 Å². The first-order chi connectivity index (χ1) is 16.2. The molecule has 12 nitrogen and oxygen atoms in total. The van der Waals surface area contributed by atoms with Crippen LogP contribution in [0.25, 0.3) is 0 Å². The zero-order valence-electron chi connectivity index (χ0n) is 19.1. The fourth-order valence-electron chi connectivity index (χ4n) is 3.55. The molecule has 1 aromatic carbocycles. The van der Waals surface area contributed by atoms with Gasteiger partial charge in [0.05, 0.1) is 54.0 Å². The van der Waals surface area contributed by atoms with E-state index in [1.165, 1.54) is 0 Å². The van der Waals surface area contributed by atoms with E-state index in [0.717, 1.165) is 31.7 Å². The maximum Gasteiger partial charge on any atom is 0.250 e. The van der Waals surface area contributed by atoms with Crippen LogP contribution in [0.3, 0.4) is 0 Å². The number of rotatable bonds is 8. The summed E-state index contributed by atoms with van der Waals surface area (Å²) in [7, 11) is 4.71. The molecule has 0 aliphatic carbocycles. The van der Waals surface area contributed by atoms with Crippen LogP contribution in [0.5, 0.6) is 17.2 Å². The van der Waals surface area contributed by atoms with Gasteiger partial charge in [0, 0.05) is 31.7 Å². The first-order valence-corrected chi connectivity index (χ1v) is 10.7. The summed E-state index contributed by atoms with van der Waals surface area (Å²) in [5, 5.41) is 4.32. The molecular weight excluding hydrogens is 430 g/mol. The van der Waals surface area contributed by atoms with Crippen molar-refractivity contribution in [1.82, 2.24) is 15.0 Å². The third-order valence-corrected chi connectivity index (χ3v) is 5.26. The van der Waals surface area contributed by atoms with Crippen molar-refractivity contribution in [3.8, 4) is 17.2 Å². The van der Waals surface area contributed by atoms with Crippen molar-refractivity contribution in [2.75, 3.05) is 89.2 Å². The highest BCUT2D eigenvalue weighted by atomic mass is 16.5. The van der Waals surface area contributed by atoms with Crippen LogP contribution in [0.2, 0.25) is 0 Å². The zero-order chi connectivity index (χ0) is 23.0. The van der Waals surface area contributed by atoms with Crippen LogP contribution in [0.15, 0.2) is 17.2 Å². The molecule has 1 N–H and O–H groups in total. The van der Waals surface area contributed by atoms with Crippen molar-refractivity contribution in [3.05, 3.63) is 17.7 Å². The maximum atomic E-state index is 5.46. The molecule has 0 saturated carbocycles. The van der Waals surface area contributed by atoms with Crippen molar-refractivity contribution in [2.24, 2.45) is 5.10 Å². The van der Waals surface area contributed by atoms with Crippen molar-refractivity contribution < 1.29 is 23.7 Å². The second kappa shape index (κ2) is 11.0. The van der Waals surface area contributed by atoms with Crippen LogP contribution in [0, 0.1) is 0 Å². The summed E-state index contributed by atoms with van der Waals surface area (Å²) in [6.45, 7) is 5.45. The van der Waals surface area contributed by atoms with Gasteiger partial charge in [-0.25, -0.2) is 5.43 Å². The molecule has 2 aliphatic heterocycles. The second-order valence-corrected chi connectivity index (χ2v) is 7.29. The van der Waals surface area contributed by atoms with Crippen LogP contribution in [-0.2, 0) is 9.47 Å². The summed E-state index contributed by atoms with van der Waals surface area (Å²) in [5.41, 5.74) is 3.69. The molecule has 1 aromatic heterocycles. The van der Waals surface area contributed by atoms with E-state index in [-0.39, 0.29) is 0 Å². The first kappa shape index (κ1) is 22.8. The lowest BCUT2D eigenvalue weighted by atomic mass is 10.2. The maximum absolute atomic E-state index is 5.46. The number of hydrogen-bond donors (Lipinski definition) is 1. The molecule has 4 rings (SSSR count). The van der Waals surface area contributed by atoms with E-state index in [2.05, 4.69) is 30.3 Å². The van der Waals surface area contributed by atoms with Gasteiger partial charge in [-0.05, 0) is 12.1 Å². The molecule has 0 unspecified atom stereocenters. The van der Waals surface area contributed by atoms with E-state index in [4.69, 9.17) is 28.7 Å². The molecule has 2 aromatic rings. The number of hydrazone groups is 1. The van der Waals surface area contributed by atoms with E-state index in [1.807, 2.05) is 0 Å². The SMILES string of the molecule is COc1cc(/C=N\Nc2nc(N3CCOCC3)nc(N3CCOCC3)n2)cc(OC)c1OC. The molecule has 2 aliphatic rings. The number of aromatic nitrogens is 3. The summed E-state index contributed by atoms with van der Waals surface area (Å²) in [4.78, 5) is 18.0. The molecule has 0 atom stereocenters. The minimum Gasteiger partial charge on any atom is -0.493 e. The van der Waals surface area contributed by atoms with E-state index >= 15 is 0 Å². The van der Waals surface area contributed by atoms with Crippen molar-refractivity contribution >= 4 is 24.1 Å². The van der Waals surface area contributed by atoms with Crippen molar-refractivity contribution in [1.29, 1.82) is 0 Å². The Labute approximate surface area is 192 Å². The molecule has 33 heavy (non-hydrogen) atoms. The first-order valence-electron chi connectivity index (χ1n) is 10.7. The van der Waals surface area contributed by atoms with Gasteiger partial charge in [-0.2, -0.15) is 20.1 Å². The number of ether oxygens (including phenoxy) is 5. The Kier molecular flexibility index (Phi) is 7.58. The normalized spacial score (nSPS) is 16.7. The number of benzene rings is 1. The molecule has 0 amide bonds. The Hall–Kier alpha value is -3.38. The van der Waals surface area contributed by atoms with E-state index < -0.39 is 0 Å². The Bertz CT molecular complexity index is 901. The molecular formula is C21H29N7O5. The standard InChI is InChI=1S/C21H29N7O5/c1-29-16-12-15(13-17(30-2)18(16)31-3)14-22-26-19-23-20(27-4-8-32-9-5-27)25-21(24-19)28-6-10-33-11-7-28/h12-14H,4-11H2,1-3H3,(H,23,24,25,26)/b22-14-. The fraction of sp³-hybridized carbons (Fsp3) is 0.524. The molecule has 178 valence electrons. The largest absolute Gasteiger partial charge is 0.493 e. The lowest BCUT2D eigenvalue weighted by molar-refractivity contribution is 0.121. The predicted octanol–water partition coefficient (Wildman–Crippen LogP) is 1.02. The fourth-order valence-corrected chi connectivity index (χ4v) is 3.55. The number of hydrogen-bond acceptors (Lipinski definition) is 12. The minimum atomic E-state index is 0.358. The van der Waals surface area contributed by atoms with Crippen LogP contribution >= 0.6 is 0 Å². The Morgan fingerprint density at radius 1 is 0.818 bits per heavy atom. The average Bonchev–Trinajstić information content (AvgIpc) is 2.89. The molecule has 3 heterocycles. The lowest BCUT2D eigenvalue weighted by Crippen LogP contribution is -2.40. The average molecular weight is 460 g/mol. The Morgan fingerprint density at radius 3 is 1.79 bits per heavy atom. The van der Waals surface area contributed by atoms with Crippen LogP contribution < -0.4 is 29.4 Å². The van der Waals surface area contributed by atoms with Crippen molar-refractivity contribution in [3.63, 3.8) is 0 Å². The Balaban J connectivity index is 1.57. The van der Waals surface area contributed by atoms with Gasteiger partial charge in [0.2, 0.25) is 23.6 Å². The predicted molar refractivity (Wildman–Crippen MR) is 123 cm³/mol. The molecule has 0 spiro atoms. The monoisotopic (exact) mass is 459 g/mol. The number of nitrogens with one attached hydrogen (secondary N) is 1. The van der Waals surface area contributed by atoms with Gasteiger partial charge in [-0.1, -0.05) is 0 Å². The summed E-state index contributed by atoms with van der Waals surface area (Å²) >= 11 is 0. The topological polar surface area (TPSA) is 116 Å². The molecule has 12 heteroatoms. The third-order valence-electron chi connectivity index (χ3n) is 5.26. The highest BCUT2D eigenvalue weighted by molar-refractivity contribution is 5.82. The second-order valence-electron chi connectivity index (χ2n) is 7.29. The molecule has 0 bridgehead atoms. The summed E-state index contributed by atoms with van der Waals surface area (Å²) < 4.78 is 27.1. The smallest absolute Gasteiger partial charge is 0.250 e. The molecule has 2 fully saturated rings. The molecule has 0 radical (unpaired) electrons. The number of nitrogens with zero attached hydrogens (tertiary/aromatic N) is 6. The van der Waals surface area contributed by atoms with E-state index in [9.17, 15) is 0 Å². The van der Waals surface area contributed by atoms with Gasteiger partial charge >= 0.3 is 0 Å². The van der Waals surface area contributed by atoms with Crippen LogP contribution in [0.4, 0.5) is 17.8 Å².